The van der Waals surface area contributed by atoms with Crippen LogP contribution in [0.15, 0.2) is 194 Å². The van der Waals surface area contributed by atoms with Gasteiger partial charge in [-0.3, -0.25) is 0 Å². The van der Waals surface area contributed by atoms with E-state index in [0.717, 1.165) is 16.7 Å². The molecular weight excluding hydrogens is 733 g/mol. The van der Waals surface area contributed by atoms with Gasteiger partial charge in [0.25, 0.3) is 0 Å². The first-order chi connectivity index (χ1) is 29.0. The Kier molecular flexibility index (Phi) is 7.26. The third-order valence-corrected chi connectivity index (χ3v) is 16.5. The van der Waals surface area contributed by atoms with Crippen LogP contribution in [0.2, 0.25) is 13.1 Å². The van der Waals surface area contributed by atoms with Gasteiger partial charge in [0.1, 0.15) is 8.07 Å². The van der Waals surface area contributed by atoms with E-state index in [2.05, 4.69) is 175 Å². The lowest BCUT2D eigenvalue weighted by Gasteiger charge is -2.50. The molecule has 2 aliphatic heterocycles. The van der Waals surface area contributed by atoms with E-state index >= 15 is 0 Å². The van der Waals surface area contributed by atoms with E-state index in [1.165, 1.54) is 71.2 Å². The van der Waals surface area contributed by atoms with E-state index in [1.807, 2.05) is 36.4 Å². The van der Waals surface area contributed by atoms with Crippen molar-refractivity contribution < 1.29 is 0 Å². The molecule has 12 rings (SSSR count). The molecular formula is C54H38N4Si. The number of hydrogen-bond acceptors (Lipinski definition) is 3. The van der Waals surface area contributed by atoms with E-state index in [4.69, 9.17) is 15.0 Å². The van der Waals surface area contributed by atoms with E-state index in [0.29, 0.717) is 17.5 Å². The molecule has 1 unspecified atom stereocenters. The molecule has 4 heterocycles. The molecule has 2 aliphatic rings. The summed E-state index contributed by atoms with van der Waals surface area (Å²) in [4.78, 5) is 15.0. The third-order valence-electron chi connectivity index (χ3n) is 12.9. The van der Waals surface area contributed by atoms with Gasteiger partial charge in [-0.2, -0.15) is 0 Å². The summed E-state index contributed by atoms with van der Waals surface area (Å²) in [6.45, 7) is 5.09. The minimum Gasteiger partial charge on any atom is -0.309 e. The van der Waals surface area contributed by atoms with Crippen LogP contribution in [-0.2, 0) is 5.41 Å². The SMILES string of the molecule is C[Si]1(C)c2ccccc2C2(c3ccccc3-n3c4ccccc4c4cccc2c43)c2cccc(-c3ccc(-c4nc(-c5ccccc5)nc(-c5ccccc5)n4)cc3)c21. The maximum absolute atomic E-state index is 5.03. The van der Waals surface area contributed by atoms with Crippen LogP contribution < -0.4 is 10.4 Å². The second kappa shape index (κ2) is 12.6. The summed E-state index contributed by atoms with van der Waals surface area (Å²) in [7, 11) is -2.30. The Balaban J connectivity index is 1.09. The summed E-state index contributed by atoms with van der Waals surface area (Å²) in [5.74, 6) is 1.98. The van der Waals surface area contributed by atoms with Gasteiger partial charge in [0.2, 0.25) is 0 Å². The molecule has 4 nitrogen and oxygen atoms in total. The first kappa shape index (κ1) is 33.9. The number of benzene rings is 8. The van der Waals surface area contributed by atoms with Crippen molar-refractivity contribution in [1.29, 1.82) is 0 Å². The summed E-state index contributed by atoms with van der Waals surface area (Å²) in [5.41, 5.74) is 14.1. The molecule has 0 radical (unpaired) electrons. The van der Waals surface area contributed by atoms with Gasteiger partial charge in [0, 0.05) is 27.5 Å². The molecule has 0 saturated heterocycles. The Morgan fingerprint density at radius 2 is 0.915 bits per heavy atom. The van der Waals surface area contributed by atoms with Crippen LogP contribution >= 0.6 is 0 Å². The Morgan fingerprint density at radius 1 is 0.407 bits per heavy atom. The van der Waals surface area contributed by atoms with Gasteiger partial charge in [-0.25, -0.2) is 15.0 Å². The van der Waals surface area contributed by atoms with Crippen molar-refractivity contribution >= 4 is 40.3 Å². The molecule has 5 heteroatoms. The van der Waals surface area contributed by atoms with E-state index < -0.39 is 13.5 Å². The van der Waals surface area contributed by atoms with Crippen LogP contribution in [0, 0.1) is 0 Å². The number of rotatable bonds is 4. The Labute approximate surface area is 344 Å². The molecule has 59 heavy (non-hydrogen) atoms. The standard InChI is InChI=1S/C54H38N4Si/c1-59(2)48-30-14-11-25-43(48)54(42-24-10-13-29-47(42)58-46-28-12-9-21-40(46)41-23-16-26-44(54)49(41)58)45-27-15-22-39(50(45)59)35-31-33-38(34-32-35)53-56-51(36-17-5-3-6-18-36)55-52(57-53)37-19-7-4-8-20-37/h3-34H,1-2H3. The molecule has 0 fully saturated rings. The maximum atomic E-state index is 5.03. The zero-order valence-electron chi connectivity index (χ0n) is 32.8. The topological polar surface area (TPSA) is 43.6 Å². The quantitative estimate of drug-likeness (QED) is 0.167. The monoisotopic (exact) mass is 770 g/mol. The van der Waals surface area contributed by atoms with Gasteiger partial charge < -0.3 is 4.57 Å². The van der Waals surface area contributed by atoms with Crippen molar-refractivity contribution in [3.63, 3.8) is 0 Å². The summed E-state index contributed by atoms with van der Waals surface area (Å²) in [6, 6.07) is 70.7. The summed E-state index contributed by atoms with van der Waals surface area (Å²) < 4.78 is 2.52. The van der Waals surface area contributed by atoms with Gasteiger partial charge in [-0.15, -0.1) is 0 Å². The highest BCUT2D eigenvalue weighted by atomic mass is 28.3. The van der Waals surface area contributed by atoms with Gasteiger partial charge >= 0.3 is 0 Å². The number of hydrogen-bond donors (Lipinski definition) is 0. The molecule has 0 aliphatic carbocycles. The first-order valence-electron chi connectivity index (χ1n) is 20.4. The van der Waals surface area contributed by atoms with Crippen molar-refractivity contribution in [2.45, 2.75) is 18.5 Å². The maximum Gasteiger partial charge on any atom is 0.164 e. The highest BCUT2D eigenvalue weighted by molar-refractivity contribution is 7.02. The van der Waals surface area contributed by atoms with Crippen molar-refractivity contribution in [3.05, 3.63) is 216 Å². The predicted molar refractivity (Wildman–Crippen MR) is 245 cm³/mol. The van der Waals surface area contributed by atoms with Crippen LogP contribution in [0.1, 0.15) is 22.3 Å². The molecule has 0 N–H and O–H groups in total. The average Bonchev–Trinajstić information content (AvgIpc) is 3.65. The van der Waals surface area contributed by atoms with Gasteiger partial charge in [0.15, 0.2) is 17.5 Å². The fourth-order valence-electron chi connectivity index (χ4n) is 10.4. The van der Waals surface area contributed by atoms with Crippen molar-refractivity contribution in [2.75, 3.05) is 0 Å². The minimum atomic E-state index is -2.30. The van der Waals surface area contributed by atoms with Gasteiger partial charge in [0.05, 0.1) is 22.1 Å². The number of para-hydroxylation sites is 3. The highest BCUT2D eigenvalue weighted by Gasteiger charge is 2.53. The molecule has 0 amide bonds. The normalized spacial score (nSPS) is 15.8. The number of aromatic nitrogens is 4. The molecule has 1 spiro atoms. The second-order valence-electron chi connectivity index (χ2n) is 16.3. The lowest BCUT2D eigenvalue weighted by molar-refractivity contribution is 0.732. The lowest BCUT2D eigenvalue weighted by atomic mass is 9.62. The van der Waals surface area contributed by atoms with Crippen LogP contribution in [0.5, 0.6) is 0 Å². The molecule has 0 bridgehead atoms. The van der Waals surface area contributed by atoms with Crippen molar-refractivity contribution in [1.82, 2.24) is 19.5 Å². The summed E-state index contributed by atoms with van der Waals surface area (Å²) in [5, 5.41) is 5.55. The molecule has 8 aromatic carbocycles. The van der Waals surface area contributed by atoms with Crippen LogP contribution in [0.3, 0.4) is 0 Å². The molecule has 2 aromatic heterocycles. The largest absolute Gasteiger partial charge is 0.309 e. The second-order valence-corrected chi connectivity index (χ2v) is 20.6. The van der Waals surface area contributed by atoms with E-state index in [1.54, 1.807) is 0 Å². The zero-order chi connectivity index (χ0) is 39.3. The average molecular weight is 771 g/mol. The van der Waals surface area contributed by atoms with Gasteiger partial charge in [-0.05, 0) is 55.9 Å². The van der Waals surface area contributed by atoms with E-state index in [-0.39, 0.29) is 0 Å². The zero-order valence-corrected chi connectivity index (χ0v) is 33.8. The number of nitrogens with zero attached hydrogens (tertiary/aromatic N) is 4. The van der Waals surface area contributed by atoms with Crippen molar-refractivity contribution in [2.24, 2.45) is 0 Å². The Morgan fingerprint density at radius 3 is 1.63 bits per heavy atom. The van der Waals surface area contributed by atoms with Gasteiger partial charge in [-0.1, -0.05) is 195 Å². The summed E-state index contributed by atoms with van der Waals surface area (Å²) >= 11 is 0. The minimum absolute atomic E-state index is 0.516. The fourth-order valence-corrected chi connectivity index (χ4v) is 14.0. The molecule has 10 aromatic rings. The Bertz CT molecular complexity index is 3240. The van der Waals surface area contributed by atoms with Crippen LogP contribution in [0.4, 0.5) is 0 Å². The number of fused-ring (bicyclic) bond motifs is 11. The van der Waals surface area contributed by atoms with Crippen LogP contribution in [-0.4, -0.2) is 27.6 Å². The molecule has 1 atom stereocenters. The fraction of sp³-hybridized carbons (Fsp3) is 0.0556. The molecule has 278 valence electrons. The highest BCUT2D eigenvalue weighted by Crippen LogP contribution is 2.55. The Hall–Kier alpha value is -7.21. The van der Waals surface area contributed by atoms with E-state index in [9.17, 15) is 0 Å². The van der Waals surface area contributed by atoms with Crippen LogP contribution in [0.25, 0.3) is 72.8 Å². The predicted octanol–water partition coefficient (Wildman–Crippen LogP) is 11.5. The molecule has 0 saturated carbocycles. The lowest BCUT2D eigenvalue weighted by Crippen LogP contribution is -2.64. The summed E-state index contributed by atoms with van der Waals surface area (Å²) in [6.07, 6.45) is 0. The smallest absolute Gasteiger partial charge is 0.164 e. The van der Waals surface area contributed by atoms with Crippen molar-refractivity contribution in [3.8, 4) is 51.0 Å². The third kappa shape index (κ3) is 4.73. The first-order valence-corrected chi connectivity index (χ1v) is 23.4.